The van der Waals surface area contributed by atoms with Gasteiger partial charge in [0.2, 0.25) is 15.9 Å². The van der Waals surface area contributed by atoms with Gasteiger partial charge < -0.3 is 10.1 Å². The lowest BCUT2D eigenvalue weighted by Gasteiger charge is -2.08. The van der Waals surface area contributed by atoms with Crippen molar-refractivity contribution >= 4 is 50.9 Å². The molecule has 26 heavy (non-hydrogen) atoms. The fourth-order valence-corrected chi connectivity index (χ4v) is 3.38. The number of esters is 1. The number of methoxy groups -OCH3 is 1. The first-order valence-corrected chi connectivity index (χ1v) is 10.0. The van der Waals surface area contributed by atoms with Gasteiger partial charge in [0.15, 0.2) is 0 Å². The van der Waals surface area contributed by atoms with Crippen LogP contribution in [0.2, 0.25) is 5.02 Å². The molecule has 7 nitrogen and oxygen atoms in total. The van der Waals surface area contributed by atoms with Gasteiger partial charge in [0.25, 0.3) is 0 Å². The number of primary sulfonamides is 1. The Morgan fingerprint density at radius 2 is 1.85 bits per heavy atom. The normalized spacial score (nSPS) is 11.0. The van der Waals surface area contributed by atoms with Gasteiger partial charge in [-0.3, -0.25) is 4.79 Å². The second kappa shape index (κ2) is 8.54. The van der Waals surface area contributed by atoms with Crippen LogP contribution in [0.15, 0.2) is 52.3 Å². The minimum atomic E-state index is -3.78. The van der Waals surface area contributed by atoms with Crippen LogP contribution in [0.5, 0.6) is 0 Å². The number of hydrogen-bond acceptors (Lipinski definition) is 6. The van der Waals surface area contributed by atoms with Crippen LogP contribution in [0, 0.1) is 0 Å². The van der Waals surface area contributed by atoms with Crippen LogP contribution in [0.25, 0.3) is 0 Å². The molecule has 0 saturated carbocycles. The SMILES string of the molecule is COC(=O)c1cc(SCC(=O)Nc2ccc(S(N)(=O)=O)cc2)ccc1Cl. The molecule has 10 heteroatoms. The summed E-state index contributed by atoms with van der Waals surface area (Å²) in [5, 5.41) is 7.92. The summed E-state index contributed by atoms with van der Waals surface area (Å²) in [6.45, 7) is 0. The number of nitrogens with two attached hydrogens (primary N) is 1. The first-order valence-electron chi connectivity index (χ1n) is 7.14. The van der Waals surface area contributed by atoms with Crippen molar-refractivity contribution in [2.45, 2.75) is 9.79 Å². The van der Waals surface area contributed by atoms with Crippen LogP contribution in [0.1, 0.15) is 10.4 Å². The molecule has 0 spiro atoms. The molecular formula is C16H15ClN2O5S2. The number of carbonyl (C=O) groups excluding carboxylic acids is 2. The minimum absolute atomic E-state index is 0.0404. The van der Waals surface area contributed by atoms with Gasteiger partial charge in [-0.25, -0.2) is 18.4 Å². The fraction of sp³-hybridized carbons (Fsp3) is 0.125. The first-order chi connectivity index (χ1) is 12.2. The summed E-state index contributed by atoms with van der Waals surface area (Å²) in [7, 11) is -2.52. The zero-order valence-corrected chi connectivity index (χ0v) is 16.0. The summed E-state index contributed by atoms with van der Waals surface area (Å²) < 4.78 is 27.0. The third kappa shape index (κ3) is 5.46. The van der Waals surface area contributed by atoms with Gasteiger partial charge in [-0.15, -0.1) is 11.8 Å². The molecule has 0 unspecified atom stereocenters. The van der Waals surface area contributed by atoms with E-state index in [0.717, 1.165) is 0 Å². The average molecular weight is 415 g/mol. The van der Waals surface area contributed by atoms with E-state index in [4.69, 9.17) is 16.7 Å². The van der Waals surface area contributed by atoms with E-state index in [0.29, 0.717) is 10.6 Å². The smallest absolute Gasteiger partial charge is 0.339 e. The molecule has 0 atom stereocenters. The minimum Gasteiger partial charge on any atom is -0.465 e. The molecule has 2 rings (SSSR count). The van der Waals surface area contributed by atoms with E-state index in [2.05, 4.69) is 10.1 Å². The Balaban J connectivity index is 1.98. The van der Waals surface area contributed by atoms with Crippen LogP contribution >= 0.6 is 23.4 Å². The number of ether oxygens (including phenoxy) is 1. The first kappa shape index (κ1) is 20.2. The van der Waals surface area contributed by atoms with Gasteiger partial charge in [0, 0.05) is 10.6 Å². The molecule has 0 saturated heterocycles. The van der Waals surface area contributed by atoms with Gasteiger partial charge in [-0.05, 0) is 42.5 Å². The van der Waals surface area contributed by atoms with Crippen molar-refractivity contribution in [3.05, 3.63) is 53.1 Å². The highest BCUT2D eigenvalue weighted by atomic mass is 35.5. The number of rotatable bonds is 6. The zero-order valence-electron chi connectivity index (χ0n) is 13.6. The van der Waals surface area contributed by atoms with Crippen molar-refractivity contribution in [2.24, 2.45) is 5.14 Å². The Labute approximate surface area is 159 Å². The van der Waals surface area contributed by atoms with Crippen molar-refractivity contribution in [1.82, 2.24) is 0 Å². The lowest BCUT2D eigenvalue weighted by atomic mass is 10.2. The summed E-state index contributed by atoms with van der Waals surface area (Å²) in [6.07, 6.45) is 0. The Kier molecular flexibility index (Phi) is 6.65. The Morgan fingerprint density at radius 3 is 2.42 bits per heavy atom. The number of carbonyl (C=O) groups is 2. The number of halogens is 1. The monoisotopic (exact) mass is 414 g/mol. The maximum absolute atomic E-state index is 12.0. The summed E-state index contributed by atoms with van der Waals surface area (Å²) in [4.78, 5) is 24.3. The Bertz CT molecular complexity index is 930. The lowest BCUT2D eigenvalue weighted by molar-refractivity contribution is -0.113. The number of thioether (sulfide) groups is 1. The number of benzene rings is 2. The highest BCUT2D eigenvalue weighted by molar-refractivity contribution is 8.00. The molecular weight excluding hydrogens is 400 g/mol. The molecule has 0 aliphatic heterocycles. The number of hydrogen-bond donors (Lipinski definition) is 2. The second-order valence-corrected chi connectivity index (χ2v) is 8.06. The maximum atomic E-state index is 12.0. The summed E-state index contributed by atoms with van der Waals surface area (Å²) in [5.41, 5.74) is 0.660. The van der Waals surface area contributed by atoms with E-state index in [1.807, 2.05) is 0 Å². The van der Waals surface area contributed by atoms with Crippen LogP contribution in [-0.4, -0.2) is 33.2 Å². The predicted octanol–water partition coefficient (Wildman–Crippen LogP) is 2.50. The number of nitrogens with one attached hydrogen (secondary N) is 1. The van der Waals surface area contributed by atoms with Gasteiger partial charge in [-0.2, -0.15) is 0 Å². The standard InChI is InChI=1S/C16H15ClN2O5S2/c1-24-16(21)13-8-11(4-7-14(13)17)25-9-15(20)19-10-2-5-12(6-3-10)26(18,22)23/h2-8H,9H2,1H3,(H,19,20)(H2,18,22,23). The van der Waals surface area contributed by atoms with Crippen LogP contribution in [0.3, 0.4) is 0 Å². The van der Waals surface area contributed by atoms with Crippen molar-refractivity contribution in [3.8, 4) is 0 Å². The molecule has 0 fully saturated rings. The van der Waals surface area contributed by atoms with Crippen LogP contribution in [-0.2, 0) is 19.6 Å². The largest absolute Gasteiger partial charge is 0.465 e. The average Bonchev–Trinajstić information content (AvgIpc) is 2.60. The molecule has 0 aliphatic rings. The molecule has 0 bridgehead atoms. The van der Waals surface area contributed by atoms with Gasteiger partial charge in [0.05, 0.1) is 28.3 Å². The molecule has 3 N–H and O–H groups in total. The number of sulfonamides is 1. The highest BCUT2D eigenvalue weighted by Gasteiger charge is 2.13. The fourth-order valence-electron chi connectivity index (χ4n) is 1.93. The quantitative estimate of drug-likeness (QED) is 0.554. The summed E-state index contributed by atoms with van der Waals surface area (Å²) >= 11 is 7.16. The molecule has 138 valence electrons. The lowest BCUT2D eigenvalue weighted by Crippen LogP contribution is -2.15. The predicted molar refractivity (Wildman–Crippen MR) is 100.0 cm³/mol. The van der Waals surface area contributed by atoms with Gasteiger partial charge in [0.1, 0.15) is 0 Å². The van der Waals surface area contributed by atoms with Gasteiger partial charge >= 0.3 is 5.97 Å². The third-order valence-corrected chi connectivity index (χ3v) is 5.43. The molecule has 0 aromatic heterocycles. The van der Waals surface area contributed by atoms with E-state index in [-0.39, 0.29) is 27.1 Å². The highest BCUT2D eigenvalue weighted by Crippen LogP contribution is 2.25. The molecule has 0 radical (unpaired) electrons. The van der Waals surface area contributed by atoms with Crippen molar-refractivity contribution in [2.75, 3.05) is 18.2 Å². The van der Waals surface area contributed by atoms with Crippen molar-refractivity contribution in [1.29, 1.82) is 0 Å². The van der Waals surface area contributed by atoms with Crippen molar-refractivity contribution < 1.29 is 22.7 Å². The van der Waals surface area contributed by atoms with E-state index in [1.54, 1.807) is 18.2 Å². The summed E-state index contributed by atoms with van der Waals surface area (Å²) in [5.74, 6) is -0.774. The van der Waals surface area contributed by atoms with E-state index >= 15 is 0 Å². The number of amides is 1. The zero-order chi connectivity index (χ0) is 19.3. The molecule has 0 aliphatic carbocycles. The number of anilines is 1. The molecule has 2 aromatic carbocycles. The van der Waals surface area contributed by atoms with Gasteiger partial charge in [-0.1, -0.05) is 11.6 Å². The van der Waals surface area contributed by atoms with Crippen LogP contribution in [0.4, 0.5) is 5.69 Å². The van der Waals surface area contributed by atoms with E-state index < -0.39 is 16.0 Å². The third-order valence-electron chi connectivity index (χ3n) is 3.18. The maximum Gasteiger partial charge on any atom is 0.339 e. The van der Waals surface area contributed by atoms with Crippen molar-refractivity contribution in [3.63, 3.8) is 0 Å². The summed E-state index contributed by atoms with van der Waals surface area (Å²) in [6, 6.07) is 10.3. The van der Waals surface area contributed by atoms with E-state index in [1.165, 1.54) is 43.1 Å². The second-order valence-electron chi connectivity index (χ2n) is 5.04. The molecule has 1 amide bonds. The Morgan fingerprint density at radius 1 is 1.19 bits per heavy atom. The van der Waals surface area contributed by atoms with E-state index in [9.17, 15) is 18.0 Å². The van der Waals surface area contributed by atoms with Crippen LogP contribution < -0.4 is 10.5 Å². The Hall–Kier alpha value is -2.07. The molecule has 2 aromatic rings. The molecule has 0 heterocycles. The topological polar surface area (TPSA) is 116 Å².